The molecule has 96 valence electrons. The SMILES string of the molecule is FC(F)(F)CCCNC(CCl)c1ccccc1. The lowest BCUT2D eigenvalue weighted by molar-refractivity contribution is -0.135. The van der Waals surface area contributed by atoms with Crippen molar-refractivity contribution in [3.05, 3.63) is 35.9 Å². The van der Waals surface area contributed by atoms with E-state index < -0.39 is 12.6 Å². The molecule has 1 atom stereocenters. The molecule has 0 radical (unpaired) electrons. The van der Waals surface area contributed by atoms with E-state index in [1.54, 1.807) is 0 Å². The van der Waals surface area contributed by atoms with Crippen LogP contribution in [0.4, 0.5) is 13.2 Å². The van der Waals surface area contributed by atoms with E-state index in [4.69, 9.17) is 11.6 Å². The van der Waals surface area contributed by atoms with Crippen molar-refractivity contribution in [1.82, 2.24) is 5.32 Å². The Morgan fingerprint density at radius 1 is 1.18 bits per heavy atom. The summed E-state index contributed by atoms with van der Waals surface area (Å²) in [5, 5.41) is 3.03. The predicted molar refractivity (Wildman–Crippen MR) is 63.2 cm³/mol. The fourth-order valence-electron chi connectivity index (χ4n) is 1.51. The zero-order chi connectivity index (χ0) is 12.7. The summed E-state index contributed by atoms with van der Waals surface area (Å²) < 4.78 is 35.8. The lowest BCUT2D eigenvalue weighted by Gasteiger charge is -2.16. The molecular weight excluding hydrogens is 251 g/mol. The van der Waals surface area contributed by atoms with Gasteiger partial charge in [-0.3, -0.25) is 0 Å². The predicted octanol–water partition coefficient (Wildman–Crippen LogP) is 3.90. The standard InChI is InChI=1S/C12H15ClF3N/c13-9-11(10-5-2-1-3-6-10)17-8-4-7-12(14,15)16/h1-3,5-6,11,17H,4,7-9H2. The van der Waals surface area contributed by atoms with Gasteiger partial charge in [0.1, 0.15) is 0 Å². The summed E-state index contributed by atoms with van der Waals surface area (Å²) in [7, 11) is 0. The average Bonchev–Trinajstić information content (AvgIpc) is 2.29. The number of nitrogens with one attached hydrogen (secondary N) is 1. The van der Waals surface area contributed by atoms with Crippen LogP contribution in [-0.2, 0) is 0 Å². The zero-order valence-electron chi connectivity index (χ0n) is 9.30. The van der Waals surface area contributed by atoms with Gasteiger partial charge < -0.3 is 5.32 Å². The number of benzene rings is 1. The Morgan fingerprint density at radius 2 is 1.82 bits per heavy atom. The first kappa shape index (κ1) is 14.3. The minimum absolute atomic E-state index is 0.0731. The Hall–Kier alpha value is -0.740. The maximum atomic E-state index is 11.9. The van der Waals surface area contributed by atoms with E-state index in [2.05, 4.69) is 5.32 Å². The molecule has 5 heteroatoms. The summed E-state index contributed by atoms with van der Waals surface area (Å²) in [6.45, 7) is 0.311. The Balaban J connectivity index is 2.34. The van der Waals surface area contributed by atoms with Crippen LogP contribution in [-0.4, -0.2) is 18.6 Å². The third-order valence-electron chi connectivity index (χ3n) is 2.38. The number of rotatable bonds is 6. The highest BCUT2D eigenvalue weighted by Crippen LogP contribution is 2.21. The molecule has 1 aromatic rings. The Labute approximate surface area is 104 Å². The Morgan fingerprint density at radius 3 is 2.35 bits per heavy atom. The van der Waals surface area contributed by atoms with Crippen LogP contribution in [0.15, 0.2) is 30.3 Å². The van der Waals surface area contributed by atoms with Gasteiger partial charge in [-0.2, -0.15) is 13.2 Å². The third kappa shape index (κ3) is 5.94. The number of halogens is 4. The summed E-state index contributed by atoms with van der Waals surface area (Å²) in [5.41, 5.74) is 0.995. The van der Waals surface area contributed by atoms with Crippen molar-refractivity contribution >= 4 is 11.6 Å². The van der Waals surface area contributed by atoms with Crippen molar-refractivity contribution < 1.29 is 13.2 Å². The minimum atomic E-state index is -4.08. The Bertz CT molecular complexity index is 313. The molecule has 0 aliphatic heterocycles. The van der Waals surface area contributed by atoms with Crippen LogP contribution in [0.2, 0.25) is 0 Å². The zero-order valence-corrected chi connectivity index (χ0v) is 10.1. The molecule has 0 spiro atoms. The highest BCUT2D eigenvalue weighted by atomic mass is 35.5. The second-order valence-corrected chi connectivity index (χ2v) is 4.10. The van der Waals surface area contributed by atoms with Gasteiger partial charge in [0.25, 0.3) is 0 Å². The first-order valence-corrected chi connectivity index (χ1v) is 5.97. The van der Waals surface area contributed by atoms with E-state index in [9.17, 15) is 13.2 Å². The maximum absolute atomic E-state index is 11.9. The van der Waals surface area contributed by atoms with Crippen molar-refractivity contribution in [2.24, 2.45) is 0 Å². The van der Waals surface area contributed by atoms with E-state index in [1.807, 2.05) is 30.3 Å². The van der Waals surface area contributed by atoms with Crippen molar-refractivity contribution in [1.29, 1.82) is 0 Å². The van der Waals surface area contributed by atoms with Crippen LogP contribution in [0.1, 0.15) is 24.4 Å². The fraction of sp³-hybridized carbons (Fsp3) is 0.500. The molecule has 1 nitrogen and oxygen atoms in total. The van der Waals surface area contributed by atoms with Crippen molar-refractivity contribution in [2.75, 3.05) is 12.4 Å². The summed E-state index contributed by atoms with van der Waals surface area (Å²) in [6, 6.07) is 9.37. The molecular formula is C12H15ClF3N. The van der Waals surface area contributed by atoms with Crippen molar-refractivity contribution in [2.45, 2.75) is 25.1 Å². The van der Waals surface area contributed by atoms with Crippen LogP contribution in [0.5, 0.6) is 0 Å². The van der Waals surface area contributed by atoms with Crippen LogP contribution in [0.3, 0.4) is 0 Å². The molecule has 1 N–H and O–H groups in total. The van der Waals surface area contributed by atoms with Crippen molar-refractivity contribution in [3.63, 3.8) is 0 Å². The normalized spacial score (nSPS) is 13.6. The van der Waals surface area contributed by atoms with Crippen LogP contribution >= 0.6 is 11.6 Å². The van der Waals surface area contributed by atoms with Crippen molar-refractivity contribution in [3.8, 4) is 0 Å². The lowest BCUT2D eigenvalue weighted by atomic mass is 10.1. The third-order valence-corrected chi connectivity index (χ3v) is 2.69. The van der Waals surface area contributed by atoms with E-state index in [0.29, 0.717) is 12.4 Å². The first-order chi connectivity index (χ1) is 8.03. The highest BCUT2D eigenvalue weighted by Gasteiger charge is 2.26. The molecule has 0 saturated carbocycles. The second-order valence-electron chi connectivity index (χ2n) is 3.79. The van der Waals surface area contributed by atoms with E-state index >= 15 is 0 Å². The highest BCUT2D eigenvalue weighted by molar-refractivity contribution is 6.18. The van der Waals surface area contributed by atoms with Crippen LogP contribution in [0.25, 0.3) is 0 Å². The molecule has 0 aliphatic carbocycles. The molecule has 0 bridgehead atoms. The minimum Gasteiger partial charge on any atom is -0.309 e. The maximum Gasteiger partial charge on any atom is 0.389 e. The monoisotopic (exact) mass is 265 g/mol. The van der Waals surface area contributed by atoms with Gasteiger partial charge in [-0.25, -0.2) is 0 Å². The molecule has 1 aromatic carbocycles. The topological polar surface area (TPSA) is 12.0 Å². The molecule has 0 amide bonds. The molecule has 0 saturated heterocycles. The number of hydrogen-bond donors (Lipinski definition) is 1. The first-order valence-electron chi connectivity index (χ1n) is 5.44. The summed E-state index contributed by atoms with van der Waals surface area (Å²) in [4.78, 5) is 0. The molecule has 0 heterocycles. The molecule has 17 heavy (non-hydrogen) atoms. The van der Waals surface area contributed by atoms with Gasteiger partial charge in [-0.05, 0) is 18.5 Å². The van der Waals surface area contributed by atoms with Crippen LogP contribution in [0, 0.1) is 0 Å². The summed E-state index contributed by atoms with van der Waals surface area (Å²) >= 11 is 5.79. The van der Waals surface area contributed by atoms with Gasteiger partial charge in [0.15, 0.2) is 0 Å². The molecule has 0 aromatic heterocycles. The van der Waals surface area contributed by atoms with Gasteiger partial charge in [0.05, 0.1) is 0 Å². The largest absolute Gasteiger partial charge is 0.389 e. The van der Waals surface area contributed by atoms with E-state index in [0.717, 1.165) is 5.56 Å². The van der Waals surface area contributed by atoms with Crippen LogP contribution < -0.4 is 5.32 Å². The van der Waals surface area contributed by atoms with E-state index in [1.165, 1.54) is 0 Å². The Kier molecular flexibility index (Phi) is 5.78. The van der Waals surface area contributed by atoms with E-state index in [-0.39, 0.29) is 12.5 Å². The lowest BCUT2D eigenvalue weighted by Crippen LogP contribution is -2.24. The molecule has 1 rings (SSSR count). The van der Waals surface area contributed by atoms with Gasteiger partial charge in [-0.15, -0.1) is 11.6 Å². The summed E-state index contributed by atoms with van der Waals surface area (Å²) in [6.07, 6.45) is -4.77. The second kappa shape index (κ2) is 6.87. The fourth-order valence-corrected chi connectivity index (χ4v) is 1.80. The number of hydrogen-bond acceptors (Lipinski definition) is 1. The quantitative estimate of drug-likeness (QED) is 0.608. The van der Waals surface area contributed by atoms with Gasteiger partial charge in [-0.1, -0.05) is 30.3 Å². The average molecular weight is 266 g/mol. The molecule has 1 unspecified atom stereocenters. The van der Waals surface area contributed by atoms with Gasteiger partial charge in [0.2, 0.25) is 0 Å². The molecule has 0 fully saturated rings. The van der Waals surface area contributed by atoms with Gasteiger partial charge >= 0.3 is 6.18 Å². The number of alkyl halides is 4. The smallest absolute Gasteiger partial charge is 0.309 e. The van der Waals surface area contributed by atoms with Gasteiger partial charge in [0, 0.05) is 18.3 Å². The summed E-state index contributed by atoms with van der Waals surface area (Å²) in [5.74, 6) is 0.343. The molecule has 0 aliphatic rings.